The zero-order chi connectivity index (χ0) is 14.5. The van der Waals surface area contributed by atoms with E-state index in [1.54, 1.807) is 14.2 Å². The van der Waals surface area contributed by atoms with Gasteiger partial charge in [0, 0.05) is 52.1 Å². The molecule has 112 valence electrons. The maximum atomic E-state index is 11.6. The Hall–Kier alpha value is -1.56. The first kappa shape index (κ1) is 14.8. The van der Waals surface area contributed by atoms with E-state index in [1.807, 2.05) is 11.1 Å². The summed E-state index contributed by atoms with van der Waals surface area (Å²) in [5.41, 5.74) is 1.17. The van der Waals surface area contributed by atoms with Crippen LogP contribution in [0.5, 0.6) is 0 Å². The van der Waals surface area contributed by atoms with Crippen molar-refractivity contribution in [2.75, 3.05) is 33.9 Å². The summed E-state index contributed by atoms with van der Waals surface area (Å²) in [5, 5.41) is 2.68. The third kappa shape index (κ3) is 3.30. The first-order valence-electron chi connectivity index (χ1n) is 7.12. The van der Waals surface area contributed by atoms with Crippen molar-refractivity contribution < 1.29 is 9.53 Å². The van der Waals surface area contributed by atoms with Gasteiger partial charge < -0.3 is 19.5 Å². The van der Waals surface area contributed by atoms with Crippen molar-refractivity contribution in [1.29, 1.82) is 0 Å². The number of nitrogens with zero attached hydrogens (tertiary/aromatic N) is 3. The van der Waals surface area contributed by atoms with Crippen LogP contribution in [0.25, 0.3) is 0 Å². The quantitative estimate of drug-likeness (QED) is 0.877. The number of carbonyl (C=O) groups excluding carboxylic acids is 1. The minimum absolute atomic E-state index is 0.0198. The number of carbonyl (C=O) groups is 1. The van der Waals surface area contributed by atoms with Crippen molar-refractivity contribution in [3.05, 3.63) is 17.7 Å². The van der Waals surface area contributed by atoms with Crippen LogP contribution in [0, 0.1) is 12.8 Å². The molecule has 0 saturated carbocycles. The lowest BCUT2D eigenvalue weighted by Gasteiger charge is -2.16. The summed E-state index contributed by atoms with van der Waals surface area (Å²) in [6.45, 7) is 5.25. The van der Waals surface area contributed by atoms with Gasteiger partial charge in [-0.05, 0) is 19.3 Å². The average Bonchev–Trinajstić information content (AvgIpc) is 3.04. The molecule has 1 aromatic heterocycles. The first-order chi connectivity index (χ1) is 9.65. The van der Waals surface area contributed by atoms with E-state index in [2.05, 4.69) is 21.8 Å². The molecule has 0 aliphatic carbocycles. The Morgan fingerprint density at radius 3 is 3.10 bits per heavy atom. The Morgan fingerprint density at radius 1 is 1.60 bits per heavy atom. The number of urea groups is 1. The van der Waals surface area contributed by atoms with Gasteiger partial charge in [0.05, 0.1) is 6.61 Å². The lowest BCUT2D eigenvalue weighted by Crippen LogP contribution is -2.36. The van der Waals surface area contributed by atoms with E-state index in [0.29, 0.717) is 12.5 Å². The summed E-state index contributed by atoms with van der Waals surface area (Å²) in [7, 11) is 3.39. The van der Waals surface area contributed by atoms with Crippen LogP contribution in [0.15, 0.2) is 6.20 Å². The topological polar surface area (TPSA) is 59.4 Å². The standard InChI is InChI=1S/C14H24N4O2/c1-11-9-16-13(18(11)6-7-20-3)8-12-4-5-17(10-12)14(19)15-2/h9,12H,4-8,10H2,1-3H3,(H,15,19). The molecule has 2 amide bonds. The number of aromatic nitrogens is 2. The predicted octanol–water partition coefficient (Wildman–Crippen LogP) is 1.04. The highest BCUT2D eigenvalue weighted by Crippen LogP contribution is 2.21. The molecule has 0 bridgehead atoms. The van der Waals surface area contributed by atoms with Crippen LogP contribution in [-0.4, -0.2) is 54.3 Å². The summed E-state index contributed by atoms with van der Waals surface area (Å²) in [6.07, 6.45) is 3.88. The number of amides is 2. The number of imidazole rings is 1. The molecular formula is C14H24N4O2. The molecule has 6 heteroatoms. The summed E-state index contributed by atoms with van der Waals surface area (Å²) in [6, 6.07) is 0.0198. The molecule has 2 heterocycles. The van der Waals surface area contributed by atoms with Gasteiger partial charge >= 0.3 is 6.03 Å². The Balaban J connectivity index is 1.96. The van der Waals surface area contributed by atoms with E-state index >= 15 is 0 Å². The highest BCUT2D eigenvalue weighted by molar-refractivity contribution is 5.74. The lowest BCUT2D eigenvalue weighted by atomic mass is 10.0. The maximum Gasteiger partial charge on any atom is 0.317 e. The fourth-order valence-corrected chi connectivity index (χ4v) is 2.76. The minimum atomic E-state index is 0.0198. The number of rotatable bonds is 5. The van der Waals surface area contributed by atoms with Gasteiger partial charge in [-0.1, -0.05) is 0 Å². The number of ether oxygens (including phenoxy) is 1. The summed E-state index contributed by atoms with van der Waals surface area (Å²) in [4.78, 5) is 18.0. The summed E-state index contributed by atoms with van der Waals surface area (Å²) in [5.74, 6) is 1.60. The molecule has 1 N–H and O–H groups in total. The minimum Gasteiger partial charge on any atom is -0.383 e. The van der Waals surface area contributed by atoms with E-state index < -0.39 is 0 Å². The van der Waals surface area contributed by atoms with Gasteiger partial charge in [0.15, 0.2) is 0 Å². The van der Waals surface area contributed by atoms with Crippen molar-refractivity contribution in [2.24, 2.45) is 5.92 Å². The second kappa shape index (κ2) is 6.74. The molecule has 2 rings (SSSR count). The molecule has 0 radical (unpaired) electrons. The van der Waals surface area contributed by atoms with E-state index in [-0.39, 0.29) is 6.03 Å². The maximum absolute atomic E-state index is 11.6. The highest BCUT2D eigenvalue weighted by atomic mass is 16.5. The van der Waals surface area contributed by atoms with E-state index in [1.165, 1.54) is 5.69 Å². The molecule has 6 nitrogen and oxygen atoms in total. The molecule has 1 aliphatic heterocycles. The first-order valence-corrected chi connectivity index (χ1v) is 7.12. The average molecular weight is 280 g/mol. The molecule has 1 atom stereocenters. The van der Waals surface area contributed by atoms with Gasteiger partial charge in [-0.25, -0.2) is 9.78 Å². The van der Waals surface area contributed by atoms with Crippen LogP contribution in [0.4, 0.5) is 4.79 Å². The number of likely N-dealkylation sites (tertiary alicyclic amines) is 1. The molecule has 0 aromatic carbocycles. The van der Waals surface area contributed by atoms with E-state index in [9.17, 15) is 4.79 Å². The number of hydrogen-bond acceptors (Lipinski definition) is 3. The van der Waals surface area contributed by atoms with Gasteiger partial charge in [0.25, 0.3) is 0 Å². The predicted molar refractivity (Wildman–Crippen MR) is 76.7 cm³/mol. The number of methoxy groups -OCH3 is 1. The fraction of sp³-hybridized carbons (Fsp3) is 0.714. The Morgan fingerprint density at radius 2 is 2.40 bits per heavy atom. The van der Waals surface area contributed by atoms with Gasteiger partial charge in [-0.2, -0.15) is 0 Å². The molecule has 1 saturated heterocycles. The largest absolute Gasteiger partial charge is 0.383 e. The lowest BCUT2D eigenvalue weighted by molar-refractivity contribution is 0.185. The van der Waals surface area contributed by atoms with Crippen molar-refractivity contribution in [3.8, 4) is 0 Å². The third-order valence-corrected chi connectivity index (χ3v) is 3.91. The number of hydrogen-bond donors (Lipinski definition) is 1. The van der Waals surface area contributed by atoms with E-state index in [0.717, 1.165) is 38.3 Å². The monoisotopic (exact) mass is 280 g/mol. The Bertz CT molecular complexity index is 458. The van der Waals surface area contributed by atoms with Gasteiger partial charge in [0.2, 0.25) is 0 Å². The normalized spacial score (nSPS) is 18.6. The van der Waals surface area contributed by atoms with Crippen LogP contribution < -0.4 is 5.32 Å². The van der Waals surface area contributed by atoms with Crippen LogP contribution in [0.3, 0.4) is 0 Å². The number of aryl methyl sites for hydroxylation is 1. The van der Waals surface area contributed by atoms with Crippen molar-refractivity contribution in [2.45, 2.75) is 26.3 Å². The van der Waals surface area contributed by atoms with Gasteiger partial charge in [-0.15, -0.1) is 0 Å². The molecule has 1 aromatic rings. The Labute approximate surface area is 120 Å². The highest BCUT2D eigenvalue weighted by Gasteiger charge is 2.26. The molecule has 1 unspecified atom stereocenters. The van der Waals surface area contributed by atoms with Crippen LogP contribution in [-0.2, 0) is 17.7 Å². The molecule has 1 fully saturated rings. The molecule has 20 heavy (non-hydrogen) atoms. The zero-order valence-electron chi connectivity index (χ0n) is 12.6. The third-order valence-electron chi connectivity index (χ3n) is 3.91. The summed E-state index contributed by atoms with van der Waals surface area (Å²) < 4.78 is 7.36. The molecular weight excluding hydrogens is 256 g/mol. The van der Waals surface area contributed by atoms with Crippen LogP contribution >= 0.6 is 0 Å². The van der Waals surface area contributed by atoms with E-state index in [4.69, 9.17) is 4.74 Å². The SMILES string of the molecule is CNC(=O)N1CCC(Cc2ncc(C)n2CCOC)C1. The molecule has 0 spiro atoms. The van der Waals surface area contributed by atoms with Crippen LogP contribution in [0.1, 0.15) is 17.9 Å². The smallest absolute Gasteiger partial charge is 0.317 e. The van der Waals surface area contributed by atoms with Gasteiger partial charge in [0.1, 0.15) is 5.82 Å². The second-order valence-corrected chi connectivity index (χ2v) is 5.32. The van der Waals surface area contributed by atoms with Crippen molar-refractivity contribution >= 4 is 6.03 Å². The summed E-state index contributed by atoms with van der Waals surface area (Å²) >= 11 is 0. The van der Waals surface area contributed by atoms with Crippen molar-refractivity contribution in [3.63, 3.8) is 0 Å². The Kier molecular flexibility index (Phi) is 5.00. The zero-order valence-corrected chi connectivity index (χ0v) is 12.6. The van der Waals surface area contributed by atoms with Crippen molar-refractivity contribution in [1.82, 2.24) is 19.8 Å². The fourth-order valence-electron chi connectivity index (χ4n) is 2.76. The second-order valence-electron chi connectivity index (χ2n) is 5.32. The number of nitrogens with one attached hydrogen (secondary N) is 1. The van der Waals surface area contributed by atoms with Gasteiger partial charge in [-0.3, -0.25) is 0 Å². The van der Waals surface area contributed by atoms with Crippen LogP contribution in [0.2, 0.25) is 0 Å². The molecule has 1 aliphatic rings.